The second-order valence-electron chi connectivity index (χ2n) is 6.87. The van der Waals surface area contributed by atoms with Crippen molar-refractivity contribution in [3.8, 4) is 0 Å². The summed E-state index contributed by atoms with van der Waals surface area (Å²) in [5.41, 5.74) is 3.73. The Bertz CT molecular complexity index is 1220. The number of carbonyl (C=O) groups excluding carboxylic acids is 1. The fraction of sp³-hybridized carbons (Fsp3) is 0.250. The van der Waals surface area contributed by atoms with E-state index in [2.05, 4.69) is 22.5 Å². The molecule has 0 unspecified atom stereocenters. The average molecular weight is 378 g/mol. The molecule has 0 fully saturated rings. The Balaban J connectivity index is 1.40. The van der Waals surface area contributed by atoms with Crippen LogP contribution >= 0.6 is 11.3 Å². The van der Waals surface area contributed by atoms with Crippen LogP contribution in [0.1, 0.15) is 30.0 Å². The number of hydrogen-bond acceptors (Lipinski definition) is 4. The molecule has 1 aliphatic carbocycles. The zero-order valence-corrected chi connectivity index (χ0v) is 15.4. The summed E-state index contributed by atoms with van der Waals surface area (Å²) in [6.45, 7) is -0.0766. The van der Waals surface area contributed by atoms with Gasteiger partial charge in [-0.15, -0.1) is 11.3 Å². The molecular formula is C20H18N4O2S. The summed E-state index contributed by atoms with van der Waals surface area (Å²) in [5.74, 6) is -0.191. The molecule has 1 aliphatic rings. The van der Waals surface area contributed by atoms with Crippen LogP contribution in [0.2, 0.25) is 0 Å². The highest BCUT2D eigenvalue weighted by molar-refractivity contribution is 7.17. The highest BCUT2D eigenvalue weighted by atomic mass is 32.1. The van der Waals surface area contributed by atoms with Crippen molar-refractivity contribution in [1.29, 1.82) is 0 Å². The number of thiophene rings is 1. The van der Waals surface area contributed by atoms with Gasteiger partial charge in [0.1, 0.15) is 18.4 Å². The third-order valence-electron chi connectivity index (χ3n) is 5.22. The molecule has 27 heavy (non-hydrogen) atoms. The van der Waals surface area contributed by atoms with Crippen molar-refractivity contribution >= 4 is 33.0 Å². The van der Waals surface area contributed by atoms with E-state index in [1.54, 1.807) is 22.1 Å². The summed E-state index contributed by atoms with van der Waals surface area (Å²) < 4.78 is 4.05. The van der Waals surface area contributed by atoms with Gasteiger partial charge in [-0.05, 0) is 47.9 Å². The standard InChI is InChI=1S/C20H18N4O2S/c25-19(22-15-7-3-5-13-4-1-2-6-14(13)15)11-24-20(26)17-10-18-16(8-9-27-18)23(17)12-21-24/h1-2,4,6,8-10,12,15H,3,5,7,11H2,(H,22,25)/t15-/m0/s1. The molecule has 136 valence electrons. The van der Waals surface area contributed by atoms with E-state index in [0.717, 1.165) is 29.5 Å². The number of aromatic nitrogens is 3. The number of nitrogens with zero attached hydrogens (tertiary/aromatic N) is 3. The van der Waals surface area contributed by atoms with Gasteiger partial charge >= 0.3 is 0 Å². The van der Waals surface area contributed by atoms with Crippen molar-refractivity contribution in [2.45, 2.75) is 31.8 Å². The third-order valence-corrected chi connectivity index (χ3v) is 6.07. The molecule has 1 amide bonds. The monoisotopic (exact) mass is 378 g/mol. The number of hydrogen-bond donors (Lipinski definition) is 1. The number of carbonyl (C=O) groups is 1. The molecule has 0 saturated heterocycles. The number of fused-ring (bicyclic) bond motifs is 4. The largest absolute Gasteiger partial charge is 0.348 e. The Hall–Kier alpha value is -2.93. The van der Waals surface area contributed by atoms with Gasteiger partial charge in [-0.25, -0.2) is 4.68 Å². The maximum absolute atomic E-state index is 12.7. The average Bonchev–Trinajstić information content (AvgIpc) is 3.26. The lowest BCUT2D eigenvalue weighted by Gasteiger charge is -2.26. The first-order valence-electron chi connectivity index (χ1n) is 9.02. The summed E-state index contributed by atoms with van der Waals surface area (Å²) >= 11 is 1.58. The smallest absolute Gasteiger partial charge is 0.291 e. The van der Waals surface area contributed by atoms with Crippen LogP contribution in [0.5, 0.6) is 0 Å². The molecule has 0 radical (unpaired) electrons. The van der Waals surface area contributed by atoms with Crippen molar-refractivity contribution in [3.05, 3.63) is 69.6 Å². The summed E-state index contributed by atoms with van der Waals surface area (Å²) in [4.78, 5) is 25.3. The second kappa shape index (κ2) is 6.35. The van der Waals surface area contributed by atoms with Crippen LogP contribution in [0.3, 0.4) is 0 Å². The maximum Gasteiger partial charge on any atom is 0.291 e. The zero-order chi connectivity index (χ0) is 18.4. The van der Waals surface area contributed by atoms with Crippen LogP contribution in [0, 0.1) is 0 Å². The molecule has 0 spiro atoms. The molecule has 1 N–H and O–H groups in total. The van der Waals surface area contributed by atoms with Crippen LogP contribution < -0.4 is 10.9 Å². The van der Waals surface area contributed by atoms with Crippen LogP contribution in [-0.2, 0) is 17.8 Å². The number of benzene rings is 1. The molecular weight excluding hydrogens is 360 g/mol. The SMILES string of the molecule is O=C(Cn1ncn2c(cc3sccc32)c1=O)N[C@H]1CCCc2ccccc21. The van der Waals surface area contributed by atoms with E-state index in [0.29, 0.717) is 5.52 Å². The van der Waals surface area contributed by atoms with Crippen LogP contribution in [-0.4, -0.2) is 20.1 Å². The minimum Gasteiger partial charge on any atom is -0.348 e. The van der Waals surface area contributed by atoms with E-state index in [9.17, 15) is 9.59 Å². The van der Waals surface area contributed by atoms with Crippen molar-refractivity contribution in [3.63, 3.8) is 0 Å². The Morgan fingerprint density at radius 2 is 2.15 bits per heavy atom. The predicted molar refractivity (Wildman–Crippen MR) is 105 cm³/mol. The molecule has 3 aromatic heterocycles. The first-order chi connectivity index (χ1) is 13.2. The lowest BCUT2D eigenvalue weighted by molar-refractivity contribution is -0.122. The molecule has 0 aliphatic heterocycles. The van der Waals surface area contributed by atoms with Gasteiger partial charge < -0.3 is 5.32 Å². The molecule has 4 aromatic rings. The summed E-state index contributed by atoms with van der Waals surface area (Å²) in [7, 11) is 0. The minimum absolute atomic E-state index is 0.000483. The van der Waals surface area contributed by atoms with Gasteiger partial charge in [0.05, 0.1) is 16.3 Å². The lowest BCUT2D eigenvalue weighted by atomic mass is 9.88. The van der Waals surface area contributed by atoms with Gasteiger partial charge in [0.2, 0.25) is 5.91 Å². The van der Waals surface area contributed by atoms with Crippen molar-refractivity contribution in [1.82, 2.24) is 19.5 Å². The quantitative estimate of drug-likeness (QED) is 0.596. The van der Waals surface area contributed by atoms with Gasteiger partial charge in [-0.3, -0.25) is 14.0 Å². The molecule has 7 heteroatoms. The van der Waals surface area contributed by atoms with Crippen LogP contribution in [0.4, 0.5) is 0 Å². The third kappa shape index (κ3) is 2.75. The first-order valence-corrected chi connectivity index (χ1v) is 9.90. The second-order valence-corrected chi connectivity index (χ2v) is 7.82. The molecule has 1 atom stereocenters. The van der Waals surface area contributed by atoms with Gasteiger partial charge in [-0.2, -0.15) is 5.10 Å². The van der Waals surface area contributed by atoms with Gasteiger partial charge in [0, 0.05) is 0 Å². The van der Waals surface area contributed by atoms with Crippen molar-refractivity contribution in [2.24, 2.45) is 0 Å². The number of aryl methyl sites for hydroxylation is 1. The van der Waals surface area contributed by atoms with E-state index < -0.39 is 0 Å². The molecule has 1 aromatic carbocycles. The van der Waals surface area contributed by atoms with Crippen LogP contribution in [0.15, 0.2) is 52.9 Å². The summed E-state index contributed by atoms with van der Waals surface area (Å²) in [6, 6.07) is 12.0. The van der Waals surface area contributed by atoms with Gasteiger partial charge in [0.25, 0.3) is 5.56 Å². The van der Waals surface area contributed by atoms with E-state index in [4.69, 9.17) is 0 Å². The predicted octanol–water partition coefficient (Wildman–Crippen LogP) is 2.90. The van der Waals surface area contributed by atoms with Crippen LogP contribution in [0.25, 0.3) is 15.7 Å². The molecule has 0 saturated carbocycles. The summed E-state index contributed by atoms with van der Waals surface area (Å²) in [5, 5.41) is 9.26. The van der Waals surface area contributed by atoms with E-state index in [-0.39, 0.29) is 24.1 Å². The van der Waals surface area contributed by atoms with E-state index >= 15 is 0 Å². The highest BCUT2D eigenvalue weighted by Crippen LogP contribution is 2.29. The maximum atomic E-state index is 12.7. The normalized spacial score (nSPS) is 16.5. The summed E-state index contributed by atoms with van der Waals surface area (Å²) in [6.07, 6.45) is 4.62. The number of nitrogens with one attached hydrogen (secondary N) is 1. The van der Waals surface area contributed by atoms with Crippen molar-refractivity contribution < 1.29 is 4.79 Å². The highest BCUT2D eigenvalue weighted by Gasteiger charge is 2.22. The molecule has 5 rings (SSSR count). The lowest BCUT2D eigenvalue weighted by Crippen LogP contribution is -2.37. The van der Waals surface area contributed by atoms with Gasteiger partial charge in [-0.1, -0.05) is 24.3 Å². The Labute approximate surface area is 159 Å². The minimum atomic E-state index is -0.250. The fourth-order valence-electron chi connectivity index (χ4n) is 3.93. The van der Waals surface area contributed by atoms with E-state index in [1.165, 1.54) is 15.8 Å². The first kappa shape index (κ1) is 16.3. The Kier molecular flexibility index (Phi) is 3.82. The Morgan fingerprint density at radius 3 is 3.07 bits per heavy atom. The topological polar surface area (TPSA) is 68.4 Å². The Morgan fingerprint density at radius 1 is 1.26 bits per heavy atom. The molecule has 6 nitrogen and oxygen atoms in total. The number of amides is 1. The fourth-order valence-corrected chi connectivity index (χ4v) is 4.74. The van der Waals surface area contributed by atoms with Crippen molar-refractivity contribution in [2.75, 3.05) is 0 Å². The van der Waals surface area contributed by atoms with E-state index in [1.807, 2.05) is 29.6 Å². The zero-order valence-electron chi connectivity index (χ0n) is 14.6. The number of rotatable bonds is 3. The van der Waals surface area contributed by atoms with Gasteiger partial charge in [0.15, 0.2) is 0 Å². The molecule has 3 heterocycles. The molecule has 0 bridgehead atoms.